The number of carboxylic acid groups (broad SMARTS) is 1. The largest absolute Gasteiger partial charge is 0.480 e. The minimum absolute atomic E-state index is 0.392. The summed E-state index contributed by atoms with van der Waals surface area (Å²) in [5.41, 5.74) is 7.32. The number of carbonyl (C=O) groups excluding carboxylic acids is 1. The Hall–Kier alpha value is -1.69. The van der Waals surface area contributed by atoms with Crippen LogP contribution in [0.5, 0.6) is 0 Å². The average molecular weight is 282 g/mol. The molecule has 19 heavy (non-hydrogen) atoms. The Labute approximate surface area is 116 Å². The van der Waals surface area contributed by atoms with E-state index in [-0.39, 0.29) is 0 Å². The molecule has 1 atom stereocenters. The number of nitrogens with one attached hydrogen (secondary N) is 1. The standard InChI is InChI=1S/C13H18N2O3S/c1-8-9(4-3-5-10(8)14)12(16)15-11(13(17)18)6-7-19-2/h3-5,11H,6-7,14H2,1-2H3,(H,15,16)(H,17,18)/t11-/m0/s1. The molecule has 0 radical (unpaired) electrons. The molecule has 1 aromatic rings. The lowest BCUT2D eigenvalue weighted by molar-refractivity contribution is -0.139. The van der Waals surface area contributed by atoms with Crippen LogP contribution in [0.25, 0.3) is 0 Å². The predicted octanol–water partition coefficient (Wildman–Crippen LogP) is 1.51. The predicted molar refractivity (Wildman–Crippen MR) is 77.5 cm³/mol. The Balaban J connectivity index is 2.82. The summed E-state index contributed by atoms with van der Waals surface area (Å²) < 4.78 is 0. The Morgan fingerprint density at radius 2 is 2.16 bits per heavy atom. The van der Waals surface area contributed by atoms with E-state index in [0.29, 0.717) is 29.0 Å². The first-order chi connectivity index (χ1) is 8.97. The molecule has 0 heterocycles. The Bertz CT molecular complexity index is 477. The highest BCUT2D eigenvalue weighted by Gasteiger charge is 2.21. The molecule has 6 heteroatoms. The van der Waals surface area contributed by atoms with Crippen molar-refractivity contribution in [1.29, 1.82) is 0 Å². The van der Waals surface area contributed by atoms with Gasteiger partial charge in [0.25, 0.3) is 5.91 Å². The van der Waals surface area contributed by atoms with Gasteiger partial charge in [-0.1, -0.05) is 6.07 Å². The van der Waals surface area contributed by atoms with Gasteiger partial charge in [0.1, 0.15) is 6.04 Å². The van der Waals surface area contributed by atoms with E-state index in [1.54, 1.807) is 36.9 Å². The van der Waals surface area contributed by atoms with E-state index < -0.39 is 17.9 Å². The number of rotatable bonds is 6. The van der Waals surface area contributed by atoms with Gasteiger partial charge in [-0.2, -0.15) is 11.8 Å². The van der Waals surface area contributed by atoms with Crippen molar-refractivity contribution in [2.24, 2.45) is 0 Å². The molecule has 0 aliphatic carbocycles. The zero-order chi connectivity index (χ0) is 14.4. The van der Waals surface area contributed by atoms with Crippen LogP contribution in [0.1, 0.15) is 22.3 Å². The number of hydrogen-bond acceptors (Lipinski definition) is 4. The molecule has 1 aromatic carbocycles. The second-order valence-corrected chi connectivity index (χ2v) is 5.15. The summed E-state index contributed by atoms with van der Waals surface area (Å²) in [4.78, 5) is 23.1. The number of carboxylic acids is 1. The molecule has 0 aliphatic heterocycles. The van der Waals surface area contributed by atoms with Crippen molar-refractivity contribution >= 4 is 29.3 Å². The van der Waals surface area contributed by atoms with Gasteiger partial charge >= 0.3 is 5.97 Å². The van der Waals surface area contributed by atoms with E-state index >= 15 is 0 Å². The fraction of sp³-hybridized carbons (Fsp3) is 0.385. The molecule has 0 aliphatic rings. The fourth-order valence-corrected chi connectivity index (χ4v) is 2.10. The van der Waals surface area contributed by atoms with Crippen molar-refractivity contribution in [2.75, 3.05) is 17.7 Å². The van der Waals surface area contributed by atoms with Crippen molar-refractivity contribution in [3.8, 4) is 0 Å². The summed E-state index contributed by atoms with van der Waals surface area (Å²) in [6, 6.07) is 4.14. The molecule has 0 aromatic heterocycles. The normalized spacial score (nSPS) is 11.9. The lowest BCUT2D eigenvalue weighted by Crippen LogP contribution is -2.41. The molecular weight excluding hydrogens is 264 g/mol. The zero-order valence-electron chi connectivity index (χ0n) is 11.0. The van der Waals surface area contributed by atoms with Crippen LogP contribution in [0.3, 0.4) is 0 Å². The minimum Gasteiger partial charge on any atom is -0.480 e. The molecule has 0 saturated heterocycles. The first-order valence-electron chi connectivity index (χ1n) is 5.85. The van der Waals surface area contributed by atoms with Crippen LogP contribution in [0.15, 0.2) is 18.2 Å². The molecule has 0 bridgehead atoms. The Morgan fingerprint density at radius 1 is 1.47 bits per heavy atom. The van der Waals surface area contributed by atoms with E-state index in [9.17, 15) is 9.59 Å². The number of carbonyl (C=O) groups is 2. The van der Waals surface area contributed by atoms with Crippen LogP contribution in [-0.2, 0) is 4.79 Å². The number of nitrogens with two attached hydrogens (primary N) is 1. The number of hydrogen-bond donors (Lipinski definition) is 3. The topological polar surface area (TPSA) is 92.4 Å². The first-order valence-corrected chi connectivity index (χ1v) is 7.24. The third-order valence-corrected chi connectivity index (χ3v) is 3.48. The second-order valence-electron chi connectivity index (χ2n) is 4.17. The number of aliphatic carboxylic acids is 1. The quantitative estimate of drug-likeness (QED) is 0.688. The Morgan fingerprint density at radius 3 is 2.74 bits per heavy atom. The number of amides is 1. The molecule has 104 valence electrons. The van der Waals surface area contributed by atoms with Gasteiger partial charge < -0.3 is 16.2 Å². The molecular formula is C13H18N2O3S. The molecule has 0 saturated carbocycles. The van der Waals surface area contributed by atoms with Gasteiger partial charge in [0.05, 0.1) is 0 Å². The summed E-state index contributed by atoms with van der Waals surface area (Å²) in [6.45, 7) is 1.74. The summed E-state index contributed by atoms with van der Waals surface area (Å²) in [6.07, 6.45) is 2.28. The molecule has 5 nitrogen and oxygen atoms in total. The fourth-order valence-electron chi connectivity index (χ4n) is 1.63. The van der Waals surface area contributed by atoms with Crippen molar-refractivity contribution in [1.82, 2.24) is 5.32 Å². The lowest BCUT2D eigenvalue weighted by atomic mass is 10.1. The van der Waals surface area contributed by atoms with Crippen LogP contribution in [0, 0.1) is 6.92 Å². The van der Waals surface area contributed by atoms with Crippen LogP contribution >= 0.6 is 11.8 Å². The lowest BCUT2D eigenvalue weighted by Gasteiger charge is -2.15. The molecule has 1 rings (SSSR count). The van der Waals surface area contributed by atoms with Gasteiger partial charge in [0, 0.05) is 11.3 Å². The monoisotopic (exact) mass is 282 g/mol. The van der Waals surface area contributed by atoms with E-state index in [4.69, 9.17) is 10.8 Å². The maximum absolute atomic E-state index is 12.1. The molecule has 4 N–H and O–H groups in total. The maximum atomic E-state index is 12.1. The number of anilines is 1. The van der Waals surface area contributed by atoms with Crippen LogP contribution < -0.4 is 11.1 Å². The first kappa shape index (κ1) is 15.4. The number of nitrogen functional groups attached to an aromatic ring is 1. The van der Waals surface area contributed by atoms with Crippen LogP contribution in [0.2, 0.25) is 0 Å². The van der Waals surface area contributed by atoms with E-state index in [1.807, 2.05) is 6.26 Å². The highest BCUT2D eigenvalue weighted by atomic mass is 32.2. The minimum atomic E-state index is -1.02. The van der Waals surface area contributed by atoms with Gasteiger partial charge in [-0.15, -0.1) is 0 Å². The van der Waals surface area contributed by atoms with Gasteiger partial charge in [-0.25, -0.2) is 4.79 Å². The van der Waals surface area contributed by atoms with Crippen molar-refractivity contribution < 1.29 is 14.7 Å². The summed E-state index contributed by atoms with van der Waals surface area (Å²) in [5, 5.41) is 11.6. The van der Waals surface area contributed by atoms with Crippen molar-refractivity contribution in [3.05, 3.63) is 29.3 Å². The summed E-state index contributed by atoms with van der Waals surface area (Å²) >= 11 is 1.54. The van der Waals surface area contributed by atoms with Crippen molar-refractivity contribution in [2.45, 2.75) is 19.4 Å². The smallest absolute Gasteiger partial charge is 0.326 e. The van der Waals surface area contributed by atoms with Crippen molar-refractivity contribution in [3.63, 3.8) is 0 Å². The van der Waals surface area contributed by atoms with Gasteiger partial charge in [0.2, 0.25) is 0 Å². The van der Waals surface area contributed by atoms with E-state index in [0.717, 1.165) is 0 Å². The molecule has 0 spiro atoms. The molecule has 0 fully saturated rings. The highest BCUT2D eigenvalue weighted by Crippen LogP contribution is 2.15. The third-order valence-electron chi connectivity index (χ3n) is 2.83. The number of benzene rings is 1. The molecule has 0 unspecified atom stereocenters. The highest BCUT2D eigenvalue weighted by molar-refractivity contribution is 7.98. The SMILES string of the molecule is CSCC[C@H](NC(=O)c1cccc(N)c1C)C(=O)O. The zero-order valence-corrected chi connectivity index (χ0v) is 11.8. The van der Waals surface area contributed by atoms with Crippen LogP contribution in [-0.4, -0.2) is 35.0 Å². The van der Waals surface area contributed by atoms with Gasteiger partial charge in [0.15, 0.2) is 0 Å². The summed E-state index contributed by atoms with van der Waals surface area (Å²) in [7, 11) is 0. The molecule has 1 amide bonds. The number of thioether (sulfide) groups is 1. The third kappa shape index (κ3) is 4.17. The summed E-state index contributed by atoms with van der Waals surface area (Å²) in [5.74, 6) is -0.755. The Kier molecular flexibility index (Phi) is 5.69. The van der Waals surface area contributed by atoms with Gasteiger partial charge in [-0.05, 0) is 43.0 Å². The van der Waals surface area contributed by atoms with E-state index in [2.05, 4.69) is 5.32 Å². The second kappa shape index (κ2) is 7.04. The average Bonchev–Trinajstić information content (AvgIpc) is 2.37. The maximum Gasteiger partial charge on any atom is 0.326 e. The van der Waals surface area contributed by atoms with Crippen LogP contribution in [0.4, 0.5) is 5.69 Å². The van der Waals surface area contributed by atoms with Gasteiger partial charge in [-0.3, -0.25) is 4.79 Å². The van der Waals surface area contributed by atoms with E-state index in [1.165, 1.54) is 0 Å².